The lowest BCUT2D eigenvalue weighted by molar-refractivity contribution is 0.0600. The average molecular weight is 251 g/mol. The number of methoxy groups -OCH3 is 1. The minimum absolute atomic E-state index is 0.0302. The van der Waals surface area contributed by atoms with Gasteiger partial charge in [0.05, 0.1) is 38.5 Å². The number of esters is 1. The molecule has 0 saturated carbocycles. The third kappa shape index (κ3) is 2.63. The highest BCUT2D eigenvalue weighted by atomic mass is 16.5. The highest BCUT2D eigenvalue weighted by Crippen LogP contribution is 2.21. The Morgan fingerprint density at radius 3 is 3.17 bits per heavy atom. The van der Waals surface area contributed by atoms with Crippen LogP contribution < -0.4 is 4.90 Å². The lowest BCUT2D eigenvalue weighted by atomic mass is 10.1. The summed E-state index contributed by atoms with van der Waals surface area (Å²) < 4.78 is 10.0. The first kappa shape index (κ1) is 12.9. The van der Waals surface area contributed by atoms with Crippen LogP contribution in [-0.4, -0.2) is 50.6 Å². The number of benzene rings is 1. The van der Waals surface area contributed by atoms with Crippen molar-refractivity contribution in [1.82, 2.24) is 0 Å². The summed E-state index contributed by atoms with van der Waals surface area (Å²) >= 11 is 0. The summed E-state index contributed by atoms with van der Waals surface area (Å²) in [6, 6.07) is 7.15. The van der Waals surface area contributed by atoms with E-state index in [0.717, 1.165) is 5.69 Å². The molecule has 5 heteroatoms. The number of nitrogens with zero attached hydrogens (tertiary/aromatic N) is 1. The molecular weight excluding hydrogens is 234 g/mol. The van der Waals surface area contributed by atoms with Crippen LogP contribution in [0.15, 0.2) is 24.3 Å². The van der Waals surface area contributed by atoms with E-state index in [9.17, 15) is 9.90 Å². The molecule has 0 radical (unpaired) electrons. The number of morpholine rings is 1. The molecule has 1 atom stereocenters. The maximum atomic E-state index is 11.5. The molecule has 1 N–H and O–H groups in total. The van der Waals surface area contributed by atoms with E-state index in [0.29, 0.717) is 25.3 Å². The Bertz CT molecular complexity index is 421. The van der Waals surface area contributed by atoms with Crippen molar-refractivity contribution in [2.75, 3.05) is 38.4 Å². The fraction of sp³-hybridized carbons (Fsp3) is 0.462. The number of carbonyl (C=O) groups is 1. The van der Waals surface area contributed by atoms with E-state index >= 15 is 0 Å². The Balaban J connectivity index is 2.23. The van der Waals surface area contributed by atoms with Gasteiger partial charge in [-0.2, -0.15) is 0 Å². The number of hydrogen-bond donors (Lipinski definition) is 1. The topological polar surface area (TPSA) is 59.0 Å². The van der Waals surface area contributed by atoms with Crippen molar-refractivity contribution in [3.8, 4) is 0 Å². The number of hydrogen-bond acceptors (Lipinski definition) is 5. The van der Waals surface area contributed by atoms with E-state index < -0.39 is 0 Å². The molecule has 5 nitrogen and oxygen atoms in total. The zero-order valence-electron chi connectivity index (χ0n) is 10.3. The zero-order valence-corrected chi connectivity index (χ0v) is 10.3. The number of aliphatic hydroxyl groups excluding tert-OH is 1. The Morgan fingerprint density at radius 1 is 1.61 bits per heavy atom. The Morgan fingerprint density at radius 2 is 2.44 bits per heavy atom. The minimum atomic E-state index is -0.356. The number of ether oxygens (including phenoxy) is 2. The standard InChI is InChI=1S/C13H17NO4/c1-17-13(16)10-3-2-4-11(7-10)14-5-6-18-9-12(14)8-15/h2-4,7,12,15H,5-6,8-9H2,1H3. The molecule has 0 amide bonds. The van der Waals surface area contributed by atoms with E-state index in [4.69, 9.17) is 9.47 Å². The van der Waals surface area contributed by atoms with Crippen molar-refractivity contribution >= 4 is 11.7 Å². The van der Waals surface area contributed by atoms with E-state index in [1.54, 1.807) is 12.1 Å². The molecule has 1 aromatic carbocycles. The summed E-state index contributed by atoms with van der Waals surface area (Å²) in [6.45, 7) is 1.86. The van der Waals surface area contributed by atoms with Crippen LogP contribution in [0.2, 0.25) is 0 Å². The van der Waals surface area contributed by atoms with Crippen LogP contribution >= 0.6 is 0 Å². The summed E-state index contributed by atoms with van der Waals surface area (Å²) in [4.78, 5) is 13.5. The monoisotopic (exact) mass is 251 g/mol. The van der Waals surface area contributed by atoms with E-state index in [1.165, 1.54) is 7.11 Å². The number of rotatable bonds is 3. The molecule has 18 heavy (non-hydrogen) atoms. The maximum absolute atomic E-state index is 11.5. The van der Waals surface area contributed by atoms with Gasteiger partial charge in [-0.05, 0) is 18.2 Å². The Labute approximate surface area is 106 Å². The molecule has 1 saturated heterocycles. The average Bonchev–Trinajstić information content (AvgIpc) is 2.46. The van der Waals surface area contributed by atoms with Gasteiger partial charge in [0.1, 0.15) is 0 Å². The molecule has 0 spiro atoms. The molecule has 1 unspecified atom stereocenters. The van der Waals surface area contributed by atoms with Crippen molar-refractivity contribution in [2.24, 2.45) is 0 Å². The number of aliphatic hydroxyl groups is 1. The molecule has 1 fully saturated rings. The van der Waals surface area contributed by atoms with Crippen LogP contribution in [0.1, 0.15) is 10.4 Å². The zero-order chi connectivity index (χ0) is 13.0. The molecule has 98 valence electrons. The summed E-state index contributed by atoms with van der Waals surface area (Å²) in [5.74, 6) is -0.356. The van der Waals surface area contributed by atoms with Crippen molar-refractivity contribution in [3.63, 3.8) is 0 Å². The van der Waals surface area contributed by atoms with E-state index in [1.807, 2.05) is 12.1 Å². The first-order chi connectivity index (χ1) is 8.76. The quantitative estimate of drug-likeness (QED) is 0.800. The molecule has 2 rings (SSSR count). The van der Waals surface area contributed by atoms with Gasteiger partial charge in [0.2, 0.25) is 0 Å². The third-order valence-corrected chi connectivity index (χ3v) is 3.04. The van der Waals surface area contributed by atoms with Gasteiger partial charge in [0.15, 0.2) is 0 Å². The molecule has 1 aliphatic heterocycles. The lowest BCUT2D eigenvalue weighted by Gasteiger charge is -2.36. The molecule has 0 aromatic heterocycles. The highest BCUT2D eigenvalue weighted by molar-refractivity contribution is 5.90. The third-order valence-electron chi connectivity index (χ3n) is 3.04. The second-order valence-corrected chi connectivity index (χ2v) is 4.15. The summed E-state index contributed by atoms with van der Waals surface area (Å²) in [5.41, 5.74) is 1.42. The van der Waals surface area contributed by atoms with Gasteiger partial charge in [0.25, 0.3) is 0 Å². The fourth-order valence-electron chi connectivity index (χ4n) is 2.08. The molecule has 1 aromatic rings. The maximum Gasteiger partial charge on any atom is 0.337 e. The van der Waals surface area contributed by atoms with Gasteiger partial charge < -0.3 is 19.5 Å². The summed E-state index contributed by atoms with van der Waals surface area (Å²) in [6.07, 6.45) is 0. The van der Waals surface area contributed by atoms with Crippen molar-refractivity contribution < 1.29 is 19.4 Å². The Kier molecular flexibility index (Phi) is 4.17. The van der Waals surface area contributed by atoms with Gasteiger partial charge in [0, 0.05) is 12.2 Å². The molecule has 0 aliphatic carbocycles. The van der Waals surface area contributed by atoms with Crippen LogP contribution in [0.25, 0.3) is 0 Å². The summed E-state index contributed by atoms with van der Waals surface area (Å²) in [5, 5.41) is 9.33. The van der Waals surface area contributed by atoms with Crippen LogP contribution in [0.4, 0.5) is 5.69 Å². The van der Waals surface area contributed by atoms with E-state index in [-0.39, 0.29) is 18.6 Å². The number of anilines is 1. The SMILES string of the molecule is COC(=O)c1cccc(N2CCOCC2CO)c1. The Hall–Kier alpha value is -1.59. The highest BCUT2D eigenvalue weighted by Gasteiger charge is 2.23. The van der Waals surface area contributed by atoms with Gasteiger partial charge >= 0.3 is 5.97 Å². The fourth-order valence-corrected chi connectivity index (χ4v) is 2.08. The van der Waals surface area contributed by atoms with Crippen LogP contribution in [0, 0.1) is 0 Å². The van der Waals surface area contributed by atoms with Crippen LogP contribution in [0.3, 0.4) is 0 Å². The lowest BCUT2D eigenvalue weighted by Crippen LogP contribution is -2.47. The predicted octanol–water partition coefficient (Wildman–Crippen LogP) is 0.671. The predicted molar refractivity (Wildman–Crippen MR) is 66.8 cm³/mol. The largest absolute Gasteiger partial charge is 0.465 e. The van der Waals surface area contributed by atoms with Gasteiger partial charge in [-0.25, -0.2) is 4.79 Å². The van der Waals surface area contributed by atoms with Gasteiger partial charge in [-0.3, -0.25) is 0 Å². The summed E-state index contributed by atoms with van der Waals surface area (Å²) in [7, 11) is 1.36. The first-order valence-corrected chi connectivity index (χ1v) is 5.90. The van der Waals surface area contributed by atoms with Gasteiger partial charge in [-0.15, -0.1) is 0 Å². The molecular formula is C13H17NO4. The van der Waals surface area contributed by atoms with Gasteiger partial charge in [-0.1, -0.05) is 6.07 Å². The van der Waals surface area contributed by atoms with E-state index in [2.05, 4.69) is 4.90 Å². The first-order valence-electron chi connectivity index (χ1n) is 5.90. The molecule has 0 bridgehead atoms. The normalized spacial score (nSPS) is 19.7. The second-order valence-electron chi connectivity index (χ2n) is 4.15. The van der Waals surface area contributed by atoms with Crippen molar-refractivity contribution in [3.05, 3.63) is 29.8 Å². The minimum Gasteiger partial charge on any atom is -0.465 e. The van der Waals surface area contributed by atoms with Crippen molar-refractivity contribution in [2.45, 2.75) is 6.04 Å². The van der Waals surface area contributed by atoms with Crippen LogP contribution in [0.5, 0.6) is 0 Å². The van der Waals surface area contributed by atoms with Crippen LogP contribution in [-0.2, 0) is 9.47 Å². The van der Waals surface area contributed by atoms with Crippen molar-refractivity contribution in [1.29, 1.82) is 0 Å². The smallest absolute Gasteiger partial charge is 0.337 e. The molecule has 1 aliphatic rings. The molecule has 1 heterocycles. The second kappa shape index (κ2) is 5.84. The number of carbonyl (C=O) groups excluding carboxylic acids is 1.